The molecule has 1 aliphatic heterocycles. The molecule has 1 aromatic carbocycles. The Bertz CT molecular complexity index is 517. The van der Waals surface area contributed by atoms with Crippen LogP contribution >= 0.6 is 0 Å². The lowest BCUT2D eigenvalue weighted by Crippen LogP contribution is -2.35. The zero-order chi connectivity index (χ0) is 13.2. The zero-order valence-electron chi connectivity index (χ0n) is 10.9. The molecule has 0 saturated carbocycles. The second kappa shape index (κ2) is 4.77. The number of benzene rings is 1. The highest BCUT2D eigenvalue weighted by molar-refractivity contribution is 6.18. The van der Waals surface area contributed by atoms with E-state index in [0.717, 1.165) is 17.0 Å². The maximum atomic E-state index is 12.1. The highest BCUT2D eigenvalue weighted by Crippen LogP contribution is 2.34. The smallest absolute Gasteiger partial charge is 0.321 e. The fourth-order valence-corrected chi connectivity index (χ4v) is 2.21. The maximum Gasteiger partial charge on any atom is 0.321 e. The van der Waals surface area contributed by atoms with Crippen LogP contribution in [0.15, 0.2) is 47.1 Å². The molecule has 0 amide bonds. The van der Waals surface area contributed by atoms with E-state index in [-0.39, 0.29) is 5.97 Å². The van der Waals surface area contributed by atoms with Crippen LogP contribution in [0.1, 0.15) is 26.3 Å². The lowest BCUT2D eigenvalue weighted by atomic mass is 9.82. The van der Waals surface area contributed by atoms with Crippen molar-refractivity contribution < 1.29 is 9.53 Å². The van der Waals surface area contributed by atoms with Crippen molar-refractivity contribution in [1.29, 1.82) is 0 Å². The van der Waals surface area contributed by atoms with Crippen LogP contribution in [0.3, 0.4) is 0 Å². The molecule has 1 aromatic rings. The maximum absolute atomic E-state index is 12.1. The van der Waals surface area contributed by atoms with Gasteiger partial charge in [-0.15, -0.1) is 0 Å². The first-order valence-electron chi connectivity index (χ1n) is 6.09. The van der Waals surface area contributed by atoms with Crippen molar-refractivity contribution in [3.05, 3.63) is 47.7 Å². The van der Waals surface area contributed by atoms with Crippen LogP contribution in [0, 0.1) is 5.41 Å². The fraction of sp³-hybridized carbons (Fsp3) is 0.333. The minimum absolute atomic E-state index is 0.246. The number of carbonyl (C=O) groups is 1. The molecule has 0 fully saturated rings. The van der Waals surface area contributed by atoms with Gasteiger partial charge in [0.2, 0.25) is 0 Å². The number of hydrogen-bond acceptors (Lipinski definition) is 3. The number of carbonyl (C=O) groups excluding carboxylic acids is 1. The molecule has 0 N–H and O–H groups in total. The van der Waals surface area contributed by atoms with Gasteiger partial charge in [-0.3, -0.25) is 9.79 Å². The lowest BCUT2D eigenvalue weighted by molar-refractivity contribution is -0.148. The molecule has 0 bridgehead atoms. The Balaban J connectivity index is 2.42. The van der Waals surface area contributed by atoms with Gasteiger partial charge in [0.1, 0.15) is 5.41 Å². The molecule has 0 aliphatic carbocycles. The van der Waals surface area contributed by atoms with E-state index < -0.39 is 5.41 Å². The number of esters is 1. The second-order valence-corrected chi connectivity index (χ2v) is 4.53. The monoisotopic (exact) mass is 243 g/mol. The van der Waals surface area contributed by atoms with Crippen LogP contribution in [0.4, 0.5) is 0 Å². The van der Waals surface area contributed by atoms with Gasteiger partial charge < -0.3 is 4.74 Å². The number of allylic oxidation sites excluding steroid dienone is 1. The molecule has 1 heterocycles. The van der Waals surface area contributed by atoms with Gasteiger partial charge in [0.15, 0.2) is 0 Å². The molecule has 0 aromatic heterocycles. The van der Waals surface area contributed by atoms with E-state index >= 15 is 0 Å². The Morgan fingerprint density at radius 2 is 2.00 bits per heavy atom. The molecule has 3 nitrogen and oxygen atoms in total. The van der Waals surface area contributed by atoms with Crippen LogP contribution < -0.4 is 0 Å². The largest absolute Gasteiger partial charge is 0.465 e. The van der Waals surface area contributed by atoms with Gasteiger partial charge >= 0.3 is 5.97 Å². The molecule has 94 valence electrons. The molecule has 0 spiro atoms. The van der Waals surface area contributed by atoms with Crippen LogP contribution in [0.25, 0.3) is 0 Å². The number of hydrogen-bond donors (Lipinski definition) is 0. The first-order valence-corrected chi connectivity index (χ1v) is 6.09. The summed E-state index contributed by atoms with van der Waals surface area (Å²) < 4.78 is 5.16. The van der Waals surface area contributed by atoms with E-state index in [4.69, 9.17) is 4.74 Å². The summed E-state index contributed by atoms with van der Waals surface area (Å²) >= 11 is 0. The predicted molar refractivity (Wildman–Crippen MR) is 71.5 cm³/mol. The summed E-state index contributed by atoms with van der Waals surface area (Å²) in [6.07, 6.45) is 1.87. The third-order valence-electron chi connectivity index (χ3n) is 3.02. The summed E-state index contributed by atoms with van der Waals surface area (Å²) in [5.74, 6) is -0.246. The fourth-order valence-electron chi connectivity index (χ4n) is 2.21. The topological polar surface area (TPSA) is 38.7 Å². The normalized spacial score (nSPS) is 22.4. The third-order valence-corrected chi connectivity index (χ3v) is 3.02. The van der Waals surface area contributed by atoms with Gasteiger partial charge in [0.05, 0.1) is 12.3 Å². The molecule has 1 aliphatic rings. The Kier molecular flexibility index (Phi) is 3.32. The Hall–Kier alpha value is -1.90. The summed E-state index contributed by atoms with van der Waals surface area (Å²) in [6, 6.07) is 9.75. The predicted octanol–water partition coefficient (Wildman–Crippen LogP) is 2.96. The molecular formula is C15H17NO2. The summed E-state index contributed by atoms with van der Waals surface area (Å²) in [6.45, 7) is 5.94. The quantitative estimate of drug-likeness (QED) is 0.765. The van der Waals surface area contributed by atoms with Gasteiger partial charge in [-0.1, -0.05) is 30.3 Å². The average molecular weight is 243 g/mol. The van der Waals surface area contributed by atoms with E-state index in [0.29, 0.717) is 6.61 Å². The SMILES string of the molecule is CCOC(=O)C1(C)C=C(C)N=C1c1ccccc1. The van der Waals surface area contributed by atoms with E-state index in [2.05, 4.69) is 4.99 Å². The molecule has 1 unspecified atom stereocenters. The standard InChI is InChI=1S/C15H17NO2/c1-4-18-14(17)15(3)10-11(2)16-13(15)12-8-6-5-7-9-12/h5-10H,4H2,1-3H3. The van der Waals surface area contributed by atoms with E-state index in [1.54, 1.807) is 0 Å². The summed E-state index contributed by atoms with van der Waals surface area (Å²) in [5, 5.41) is 0. The van der Waals surface area contributed by atoms with Crippen LogP contribution in [0.2, 0.25) is 0 Å². The van der Waals surface area contributed by atoms with Crippen molar-refractivity contribution in [3.8, 4) is 0 Å². The van der Waals surface area contributed by atoms with Gasteiger partial charge in [-0.25, -0.2) is 0 Å². The average Bonchev–Trinajstić information content (AvgIpc) is 2.67. The number of rotatable bonds is 3. The molecule has 18 heavy (non-hydrogen) atoms. The molecule has 1 atom stereocenters. The summed E-state index contributed by atoms with van der Waals surface area (Å²) in [7, 11) is 0. The molecule has 0 radical (unpaired) electrons. The molecule has 3 heteroatoms. The van der Waals surface area contributed by atoms with E-state index in [9.17, 15) is 4.79 Å². The number of aliphatic imine (C=N–C) groups is 1. The minimum atomic E-state index is -0.776. The van der Waals surface area contributed by atoms with Crippen molar-refractivity contribution >= 4 is 11.7 Å². The molecule has 0 saturated heterocycles. The first-order chi connectivity index (χ1) is 8.58. The van der Waals surface area contributed by atoms with Crippen molar-refractivity contribution in [2.45, 2.75) is 20.8 Å². The van der Waals surface area contributed by atoms with Gasteiger partial charge in [0.25, 0.3) is 0 Å². The summed E-state index contributed by atoms with van der Waals surface area (Å²) in [5.41, 5.74) is 1.80. The lowest BCUT2D eigenvalue weighted by Gasteiger charge is -2.22. The molecule has 2 rings (SSSR count). The van der Waals surface area contributed by atoms with Gasteiger partial charge in [-0.05, 0) is 32.4 Å². The highest BCUT2D eigenvalue weighted by Gasteiger charge is 2.42. The van der Waals surface area contributed by atoms with Crippen molar-refractivity contribution in [2.24, 2.45) is 10.4 Å². The van der Waals surface area contributed by atoms with E-state index in [1.807, 2.05) is 57.2 Å². The minimum Gasteiger partial charge on any atom is -0.465 e. The Morgan fingerprint density at radius 1 is 1.33 bits per heavy atom. The van der Waals surface area contributed by atoms with Gasteiger partial charge in [0, 0.05) is 5.70 Å². The van der Waals surface area contributed by atoms with Crippen LogP contribution in [0.5, 0.6) is 0 Å². The number of nitrogens with zero attached hydrogens (tertiary/aromatic N) is 1. The van der Waals surface area contributed by atoms with Crippen molar-refractivity contribution in [3.63, 3.8) is 0 Å². The van der Waals surface area contributed by atoms with Crippen LogP contribution in [-0.2, 0) is 9.53 Å². The van der Waals surface area contributed by atoms with Crippen molar-refractivity contribution in [2.75, 3.05) is 6.61 Å². The Labute approximate surface area is 107 Å². The first kappa shape index (κ1) is 12.6. The Morgan fingerprint density at radius 3 is 2.61 bits per heavy atom. The summed E-state index contributed by atoms with van der Waals surface area (Å²) in [4.78, 5) is 16.6. The van der Waals surface area contributed by atoms with E-state index in [1.165, 1.54) is 0 Å². The van der Waals surface area contributed by atoms with Crippen LogP contribution in [-0.4, -0.2) is 18.3 Å². The third kappa shape index (κ3) is 2.08. The van der Waals surface area contributed by atoms with Gasteiger partial charge in [-0.2, -0.15) is 0 Å². The zero-order valence-corrected chi connectivity index (χ0v) is 10.9. The molecular weight excluding hydrogens is 226 g/mol. The van der Waals surface area contributed by atoms with Crippen molar-refractivity contribution in [1.82, 2.24) is 0 Å². The highest BCUT2D eigenvalue weighted by atomic mass is 16.5. The second-order valence-electron chi connectivity index (χ2n) is 4.53. The number of ether oxygens (including phenoxy) is 1.